The van der Waals surface area contributed by atoms with Crippen molar-refractivity contribution in [3.05, 3.63) is 130 Å². The highest BCUT2D eigenvalue weighted by Gasteiger charge is 2.37. The highest BCUT2D eigenvalue weighted by Crippen LogP contribution is 2.50. The second kappa shape index (κ2) is 11.8. The number of aliphatic imine (C=N–C) groups is 1. The van der Waals surface area contributed by atoms with Crippen LogP contribution in [0.4, 0.5) is 15.8 Å². The van der Waals surface area contributed by atoms with Gasteiger partial charge in [-0.1, -0.05) is 71.8 Å². The van der Waals surface area contributed by atoms with Gasteiger partial charge in [-0.15, -0.1) is 0 Å². The van der Waals surface area contributed by atoms with Crippen LogP contribution in [0.1, 0.15) is 53.1 Å². The number of benzene rings is 4. The van der Waals surface area contributed by atoms with Gasteiger partial charge in [0.25, 0.3) is 0 Å². The SMILES string of the molecule is CCOc1cc(C=Nc2ccc([C@@H]3Nc4ccc(C)cc4[C@@H]4C=CC[C@H]43)cc2)cc(Cl)c1OCc1ccccc1F. The molecule has 6 heteroatoms. The zero-order valence-corrected chi connectivity index (χ0v) is 23.9. The first-order chi connectivity index (χ1) is 20.0. The number of nitrogens with zero attached hydrogens (tertiary/aromatic N) is 1. The van der Waals surface area contributed by atoms with E-state index in [1.54, 1.807) is 30.5 Å². The summed E-state index contributed by atoms with van der Waals surface area (Å²) in [5.41, 5.74) is 7.24. The van der Waals surface area contributed by atoms with Gasteiger partial charge in [0.1, 0.15) is 12.4 Å². The second-order valence-corrected chi connectivity index (χ2v) is 11.0. The lowest BCUT2D eigenvalue weighted by Gasteiger charge is -2.37. The quantitative estimate of drug-likeness (QED) is 0.171. The van der Waals surface area contributed by atoms with Crippen LogP contribution in [-0.4, -0.2) is 12.8 Å². The molecule has 0 radical (unpaired) electrons. The van der Waals surface area contributed by atoms with Crippen molar-refractivity contribution in [3.63, 3.8) is 0 Å². The summed E-state index contributed by atoms with van der Waals surface area (Å²) >= 11 is 6.58. The molecule has 208 valence electrons. The van der Waals surface area contributed by atoms with Crippen LogP contribution >= 0.6 is 11.6 Å². The molecule has 0 bridgehead atoms. The molecule has 0 spiro atoms. The molecule has 41 heavy (non-hydrogen) atoms. The fourth-order valence-electron chi connectivity index (χ4n) is 5.79. The molecule has 2 aliphatic rings. The molecule has 0 fully saturated rings. The number of halogens is 2. The van der Waals surface area contributed by atoms with Crippen molar-refractivity contribution >= 4 is 29.2 Å². The number of anilines is 1. The molecular formula is C35H32ClFN2O2. The number of aryl methyl sites for hydroxylation is 1. The van der Waals surface area contributed by atoms with E-state index in [1.165, 1.54) is 28.4 Å². The van der Waals surface area contributed by atoms with E-state index < -0.39 is 0 Å². The first kappa shape index (κ1) is 27.1. The van der Waals surface area contributed by atoms with E-state index in [-0.39, 0.29) is 18.5 Å². The Balaban J connectivity index is 1.18. The molecular weight excluding hydrogens is 535 g/mol. The molecule has 1 aliphatic heterocycles. The average molecular weight is 567 g/mol. The first-order valence-electron chi connectivity index (χ1n) is 14.0. The molecule has 0 saturated heterocycles. The van der Waals surface area contributed by atoms with Crippen molar-refractivity contribution in [1.82, 2.24) is 0 Å². The number of fused-ring (bicyclic) bond motifs is 3. The number of allylic oxidation sites excluding steroid dienone is 2. The molecule has 4 aromatic carbocycles. The molecule has 3 atom stereocenters. The maximum atomic E-state index is 14.1. The largest absolute Gasteiger partial charge is 0.490 e. The van der Waals surface area contributed by atoms with Crippen LogP contribution in [0.2, 0.25) is 5.02 Å². The minimum Gasteiger partial charge on any atom is -0.490 e. The fraction of sp³-hybridized carbons (Fsp3) is 0.229. The summed E-state index contributed by atoms with van der Waals surface area (Å²) in [5, 5.41) is 4.18. The highest BCUT2D eigenvalue weighted by molar-refractivity contribution is 6.32. The predicted molar refractivity (Wildman–Crippen MR) is 165 cm³/mol. The summed E-state index contributed by atoms with van der Waals surface area (Å²) < 4.78 is 25.7. The molecule has 0 amide bonds. The van der Waals surface area contributed by atoms with Crippen molar-refractivity contribution in [2.24, 2.45) is 10.9 Å². The summed E-state index contributed by atoms with van der Waals surface area (Å²) in [6.07, 6.45) is 7.52. The lowest BCUT2D eigenvalue weighted by molar-refractivity contribution is 0.266. The number of nitrogens with one attached hydrogen (secondary N) is 1. The standard InChI is InChI=1S/C35H32ClFN2O2/c1-3-40-33-19-23(18-30(36)35(33)41-21-25-7-4-5-10-31(25)37)20-38-26-14-12-24(13-15-26)34-28-9-6-8-27(28)29-17-22(2)11-16-32(29)39-34/h4-8,10-20,27-28,34,39H,3,9,21H2,1-2H3/t27-,28-,34+/m1/s1. The van der Waals surface area contributed by atoms with Gasteiger partial charge in [0.15, 0.2) is 11.5 Å². The van der Waals surface area contributed by atoms with Crippen molar-refractivity contribution in [2.45, 2.75) is 38.8 Å². The molecule has 1 N–H and O–H groups in total. The number of hydrogen-bond acceptors (Lipinski definition) is 4. The third-order valence-electron chi connectivity index (χ3n) is 7.79. The van der Waals surface area contributed by atoms with E-state index >= 15 is 0 Å². The summed E-state index contributed by atoms with van der Waals surface area (Å²) in [7, 11) is 0. The van der Waals surface area contributed by atoms with Gasteiger partial charge in [-0.2, -0.15) is 0 Å². The molecule has 4 nitrogen and oxygen atoms in total. The number of hydrogen-bond donors (Lipinski definition) is 1. The Morgan fingerprint density at radius 1 is 1.02 bits per heavy atom. The first-order valence-corrected chi connectivity index (χ1v) is 14.4. The molecule has 4 aromatic rings. The van der Waals surface area contributed by atoms with Gasteiger partial charge in [-0.25, -0.2) is 4.39 Å². The second-order valence-electron chi connectivity index (χ2n) is 10.6. The Kier molecular flexibility index (Phi) is 7.80. The zero-order chi connectivity index (χ0) is 28.3. The topological polar surface area (TPSA) is 42.8 Å². The zero-order valence-electron chi connectivity index (χ0n) is 23.1. The normalized spacial score (nSPS) is 19.1. The van der Waals surface area contributed by atoms with Gasteiger partial charge in [0.05, 0.1) is 23.4 Å². The minimum absolute atomic E-state index is 0.0466. The summed E-state index contributed by atoms with van der Waals surface area (Å²) in [6.45, 7) is 4.53. The monoisotopic (exact) mass is 566 g/mol. The van der Waals surface area contributed by atoms with Crippen molar-refractivity contribution in [2.75, 3.05) is 11.9 Å². The van der Waals surface area contributed by atoms with Crippen molar-refractivity contribution in [1.29, 1.82) is 0 Å². The lowest BCUT2D eigenvalue weighted by Crippen LogP contribution is -2.29. The van der Waals surface area contributed by atoms with E-state index in [2.05, 4.69) is 59.7 Å². The van der Waals surface area contributed by atoms with Crippen LogP contribution in [-0.2, 0) is 6.61 Å². The Hall–Kier alpha value is -4.09. The summed E-state index contributed by atoms with van der Waals surface area (Å²) in [6, 6.07) is 25.5. The van der Waals surface area contributed by atoms with Crippen molar-refractivity contribution in [3.8, 4) is 11.5 Å². The molecule has 6 rings (SSSR count). The predicted octanol–water partition coefficient (Wildman–Crippen LogP) is 9.34. The maximum absolute atomic E-state index is 14.1. The smallest absolute Gasteiger partial charge is 0.180 e. The molecule has 1 aliphatic carbocycles. The Bertz CT molecular complexity index is 1620. The molecule has 0 saturated carbocycles. The lowest BCUT2D eigenvalue weighted by atomic mass is 9.76. The van der Waals surface area contributed by atoms with E-state index in [0.29, 0.717) is 40.5 Å². The summed E-state index contributed by atoms with van der Waals surface area (Å²) in [4.78, 5) is 4.69. The summed E-state index contributed by atoms with van der Waals surface area (Å²) in [5.74, 6) is 1.49. The van der Waals surface area contributed by atoms with Crippen LogP contribution in [0.15, 0.2) is 96.0 Å². The molecule has 1 heterocycles. The highest BCUT2D eigenvalue weighted by atomic mass is 35.5. The fourth-order valence-corrected chi connectivity index (χ4v) is 6.07. The number of ether oxygens (including phenoxy) is 2. The Labute approximate surface area is 245 Å². The third kappa shape index (κ3) is 5.73. The maximum Gasteiger partial charge on any atom is 0.180 e. The van der Waals surface area contributed by atoms with Crippen LogP contribution in [0.25, 0.3) is 0 Å². The van der Waals surface area contributed by atoms with Gasteiger partial charge in [0.2, 0.25) is 0 Å². The van der Waals surface area contributed by atoms with Gasteiger partial charge in [-0.3, -0.25) is 4.99 Å². The van der Waals surface area contributed by atoms with Crippen molar-refractivity contribution < 1.29 is 13.9 Å². The number of rotatable bonds is 8. The third-order valence-corrected chi connectivity index (χ3v) is 8.08. The van der Waals surface area contributed by atoms with Gasteiger partial charge < -0.3 is 14.8 Å². The average Bonchev–Trinajstić information content (AvgIpc) is 3.47. The van der Waals surface area contributed by atoms with Gasteiger partial charge >= 0.3 is 0 Å². The van der Waals surface area contributed by atoms with Gasteiger partial charge in [0, 0.05) is 23.4 Å². The Morgan fingerprint density at radius 3 is 2.66 bits per heavy atom. The molecule has 0 aromatic heterocycles. The minimum atomic E-state index is -0.324. The van der Waals surface area contributed by atoms with Crippen LogP contribution in [0, 0.1) is 18.7 Å². The van der Waals surface area contributed by atoms with E-state index in [4.69, 9.17) is 21.1 Å². The molecule has 0 unspecified atom stereocenters. The van der Waals surface area contributed by atoms with Crippen LogP contribution in [0.5, 0.6) is 11.5 Å². The van der Waals surface area contributed by atoms with Crippen LogP contribution in [0.3, 0.4) is 0 Å². The van der Waals surface area contributed by atoms with Crippen LogP contribution < -0.4 is 14.8 Å². The Morgan fingerprint density at radius 2 is 1.85 bits per heavy atom. The van der Waals surface area contributed by atoms with E-state index in [9.17, 15) is 4.39 Å². The van der Waals surface area contributed by atoms with E-state index in [1.807, 2.05) is 25.1 Å². The van der Waals surface area contributed by atoms with E-state index in [0.717, 1.165) is 17.7 Å². The van der Waals surface area contributed by atoms with Gasteiger partial charge in [-0.05, 0) is 79.3 Å².